The van der Waals surface area contributed by atoms with Crippen molar-refractivity contribution in [2.24, 2.45) is 10.4 Å². The van der Waals surface area contributed by atoms with Crippen molar-refractivity contribution < 1.29 is 37.7 Å². The third-order valence-corrected chi connectivity index (χ3v) is 8.73. The molecule has 1 aromatic heterocycles. The van der Waals surface area contributed by atoms with Crippen LogP contribution in [0.25, 0.3) is 0 Å². The Bertz CT molecular complexity index is 1500. The fourth-order valence-corrected chi connectivity index (χ4v) is 6.26. The second-order valence-electron chi connectivity index (χ2n) is 11.0. The summed E-state index contributed by atoms with van der Waals surface area (Å²) in [6.07, 6.45) is 1.05. The minimum absolute atomic E-state index is 0.00204. The minimum Gasteiger partial charge on any atom is -0.481 e. The van der Waals surface area contributed by atoms with Crippen molar-refractivity contribution in [2.75, 3.05) is 39.4 Å². The molecule has 11 nitrogen and oxygen atoms in total. The highest BCUT2D eigenvalue weighted by molar-refractivity contribution is 7.11. The van der Waals surface area contributed by atoms with Crippen LogP contribution in [0.1, 0.15) is 37.4 Å². The fraction of sp³-hybridized carbons (Fsp3) is 0.464. The molecule has 2 fully saturated rings. The number of aliphatic carboxylic acids is 1. The second-order valence-corrected chi connectivity index (χ2v) is 12.2. The number of nitrogens with one attached hydrogen (secondary N) is 1. The molecule has 0 unspecified atom stereocenters. The number of amidine groups is 1. The number of fused-ring (bicyclic) bond motifs is 1. The van der Waals surface area contributed by atoms with Gasteiger partial charge in [-0.25, -0.2) is 18.6 Å². The van der Waals surface area contributed by atoms with Gasteiger partial charge in [-0.3, -0.25) is 19.5 Å². The molecule has 2 saturated heterocycles. The van der Waals surface area contributed by atoms with E-state index in [9.17, 15) is 28.3 Å². The van der Waals surface area contributed by atoms with Gasteiger partial charge < -0.3 is 24.8 Å². The molecule has 4 heterocycles. The summed E-state index contributed by atoms with van der Waals surface area (Å²) in [5, 5.41) is 14.5. The van der Waals surface area contributed by atoms with Crippen molar-refractivity contribution in [3.05, 3.63) is 62.2 Å². The van der Waals surface area contributed by atoms with E-state index in [2.05, 4.69) is 15.3 Å². The molecule has 43 heavy (non-hydrogen) atoms. The molecular formula is C28H30ClF2N5O6S. The number of morpholine rings is 1. The van der Waals surface area contributed by atoms with Crippen LogP contribution in [0.2, 0.25) is 5.02 Å². The van der Waals surface area contributed by atoms with E-state index < -0.39 is 52.2 Å². The first-order chi connectivity index (χ1) is 20.4. The van der Waals surface area contributed by atoms with E-state index in [0.29, 0.717) is 23.9 Å². The van der Waals surface area contributed by atoms with Crippen LogP contribution in [0.3, 0.4) is 0 Å². The molecule has 0 bridgehead atoms. The predicted octanol–water partition coefficient (Wildman–Crippen LogP) is 3.01. The highest BCUT2D eigenvalue weighted by Crippen LogP contribution is 2.39. The van der Waals surface area contributed by atoms with E-state index in [1.807, 2.05) is 4.90 Å². The molecular weight excluding hydrogens is 608 g/mol. The standard InChI is InChI=1S/C28H30ClF2N5O6S/c1-4-41-26(38)18-16(11-35-8-9-42-17-12-36(25(37)22(17)35)13-28(2,3)27(39)40)33-23(24-32-7-10-43-24)34-21(18)14-5-6-15(30)20(31)19(14)29/h5-7,10,17,21-22H,4,8-9,11-13H2,1-3H3,(H,33,34)(H,39,40)/t17-,21-,22-/m0/s1. The molecule has 3 atom stereocenters. The van der Waals surface area contributed by atoms with Gasteiger partial charge in [0.05, 0.1) is 35.3 Å². The summed E-state index contributed by atoms with van der Waals surface area (Å²) in [6.45, 7) is 5.63. The van der Waals surface area contributed by atoms with E-state index in [-0.39, 0.29) is 49.1 Å². The summed E-state index contributed by atoms with van der Waals surface area (Å²) in [6, 6.07) is 0.254. The van der Waals surface area contributed by atoms with Crippen molar-refractivity contribution in [1.82, 2.24) is 20.1 Å². The lowest BCUT2D eigenvalue weighted by molar-refractivity contribution is -0.149. The molecule has 0 spiro atoms. The Balaban J connectivity index is 1.55. The number of esters is 1. The van der Waals surface area contributed by atoms with Gasteiger partial charge in [-0.05, 0) is 26.8 Å². The number of aliphatic imine (C=N–C) groups is 1. The molecule has 2 N–H and O–H groups in total. The maximum atomic E-state index is 14.6. The van der Waals surface area contributed by atoms with Crippen LogP contribution >= 0.6 is 22.9 Å². The van der Waals surface area contributed by atoms with Crippen LogP contribution < -0.4 is 5.32 Å². The van der Waals surface area contributed by atoms with Gasteiger partial charge in [0, 0.05) is 49.0 Å². The van der Waals surface area contributed by atoms with Gasteiger partial charge in [0.2, 0.25) is 5.91 Å². The molecule has 1 amide bonds. The molecule has 5 rings (SSSR count). The summed E-state index contributed by atoms with van der Waals surface area (Å²) in [4.78, 5) is 51.1. The molecule has 15 heteroatoms. The Morgan fingerprint density at radius 3 is 2.77 bits per heavy atom. The fourth-order valence-electron chi connectivity index (χ4n) is 5.41. The maximum absolute atomic E-state index is 14.6. The van der Waals surface area contributed by atoms with Gasteiger partial charge in [0.25, 0.3) is 0 Å². The van der Waals surface area contributed by atoms with Crippen molar-refractivity contribution in [1.29, 1.82) is 0 Å². The third-order valence-electron chi connectivity index (χ3n) is 7.56. The average Bonchev–Trinajstić information content (AvgIpc) is 3.60. The predicted molar refractivity (Wildman–Crippen MR) is 153 cm³/mol. The molecule has 230 valence electrons. The molecule has 1 aromatic carbocycles. The zero-order chi connectivity index (χ0) is 31.1. The molecule has 2 aromatic rings. The Kier molecular flexibility index (Phi) is 8.84. The van der Waals surface area contributed by atoms with Crippen molar-refractivity contribution in [3.8, 4) is 0 Å². The van der Waals surface area contributed by atoms with Crippen molar-refractivity contribution in [3.63, 3.8) is 0 Å². The summed E-state index contributed by atoms with van der Waals surface area (Å²) in [5.74, 6) is -4.21. The van der Waals surface area contributed by atoms with Gasteiger partial charge in [-0.2, -0.15) is 0 Å². The van der Waals surface area contributed by atoms with E-state index in [1.165, 1.54) is 22.3 Å². The maximum Gasteiger partial charge on any atom is 0.338 e. The van der Waals surface area contributed by atoms with Gasteiger partial charge in [0.1, 0.15) is 12.1 Å². The molecule has 0 radical (unpaired) electrons. The number of nitrogens with zero attached hydrogens (tertiary/aromatic N) is 4. The zero-order valence-electron chi connectivity index (χ0n) is 23.6. The van der Waals surface area contributed by atoms with E-state index >= 15 is 0 Å². The Morgan fingerprint density at radius 1 is 1.33 bits per heavy atom. The number of halogens is 3. The zero-order valence-corrected chi connectivity index (χ0v) is 25.2. The van der Waals surface area contributed by atoms with Crippen LogP contribution in [0.5, 0.6) is 0 Å². The number of aromatic nitrogens is 1. The first-order valence-electron chi connectivity index (χ1n) is 13.6. The van der Waals surface area contributed by atoms with Gasteiger partial charge in [-0.1, -0.05) is 17.7 Å². The number of benzene rings is 1. The monoisotopic (exact) mass is 637 g/mol. The van der Waals surface area contributed by atoms with Crippen molar-refractivity contribution in [2.45, 2.75) is 39.0 Å². The summed E-state index contributed by atoms with van der Waals surface area (Å²) < 4.78 is 39.9. The van der Waals surface area contributed by atoms with E-state index in [1.54, 1.807) is 32.3 Å². The number of carbonyl (C=O) groups is 3. The number of carboxylic acids is 1. The Hall–Kier alpha value is -3.46. The molecule has 3 aliphatic rings. The normalized spacial score (nSPS) is 22.7. The van der Waals surface area contributed by atoms with Gasteiger partial charge >= 0.3 is 11.9 Å². The van der Waals surface area contributed by atoms with Crippen LogP contribution in [-0.2, 0) is 23.9 Å². The van der Waals surface area contributed by atoms with Crippen LogP contribution in [0.4, 0.5) is 8.78 Å². The molecule has 3 aliphatic heterocycles. The number of ether oxygens (including phenoxy) is 2. The number of likely N-dealkylation sites (tertiary alicyclic amines) is 1. The number of hydrogen-bond donors (Lipinski definition) is 2. The number of hydrogen-bond acceptors (Lipinski definition) is 10. The number of carboxylic acid groups (broad SMARTS) is 1. The lowest BCUT2D eigenvalue weighted by atomic mass is 9.93. The van der Waals surface area contributed by atoms with Gasteiger partial charge in [-0.15, -0.1) is 11.3 Å². The Labute approximate surface area is 255 Å². The summed E-state index contributed by atoms with van der Waals surface area (Å²) >= 11 is 7.54. The topological polar surface area (TPSA) is 134 Å². The van der Waals surface area contributed by atoms with Crippen LogP contribution in [0.15, 0.2) is 40.0 Å². The first-order valence-corrected chi connectivity index (χ1v) is 14.8. The highest BCUT2D eigenvalue weighted by atomic mass is 35.5. The van der Waals surface area contributed by atoms with Crippen LogP contribution in [-0.4, -0.2) is 95.1 Å². The summed E-state index contributed by atoms with van der Waals surface area (Å²) in [5.41, 5.74) is -0.778. The quantitative estimate of drug-likeness (QED) is 0.314. The van der Waals surface area contributed by atoms with Crippen molar-refractivity contribution >= 4 is 46.6 Å². The SMILES string of the molecule is CCOC(=O)C1=C(CN2CCO[C@H]3CN(CC(C)(C)C(=O)O)C(=O)[C@H]32)NC(c2nccs2)=N[C@H]1c1ccc(F)c(F)c1Cl. The number of carbonyl (C=O) groups excluding carboxylic acids is 2. The molecule has 0 aliphatic carbocycles. The van der Waals surface area contributed by atoms with E-state index in [0.717, 1.165) is 6.07 Å². The van der Waals surface area contributed by atoms with E-state index in [4.69, 9.17) is 21.1 Å². The minimum atomic E-state index is -1.27. The lowest BCUT2D eigenvalue weighted by Crippen LogP contribution is -2.54. The number of thiazole rings is 1. The first kappa shape index (κ1) is 31.0. The van der Waals surface area contributed by atoms with Crippen LogP contribution in [0, 0.1) is 17.0 Å². The number of amides is 1. The third kappa shape index (κ3) is 6.01. The largest absolute Gasteiger partial charge is 0.481 e. The smallest absolute Gasteiger partial charge is 0.338 e. The number of rotatable bonds is 9. The molecule has 0 saturated carbocycles. The summed E-state index contributed by atoms with van der Waals surface area (Å²) in [7, 11) is 0. The highest BCUT2D eigenvalue weighted by Gasteiger charge is 2.49. The second kappa shape index (κ2) is 12.3. The Morgan fingerprint density at radius 2 is 2.09 bits per heavy atom. The van der Waals surface area contributed by atoms with Gasteiger partial charge in [0.15, 0.2) is 22.5 Å². The average molecular weight is 638 g/mol. The lowest BCUT2D eigenvalue weighted by Gasteiger charge is -2.37.